The number of hydrogen-bond acceptors (Lipinski definition) is 6. The predicted molar refractivity (Wildman–Crippen MR) is 88.4 cm³/mol. The van der Waals surface area contributed by atoms with Crippen LogP contribution in [0.3, 0.4) is 0 Å². The minimum absolute atomic E-state index is 0.158. The summed E-state index contributed by atoms with van der Waals surface area (Å²) in [5.41, 5.74) is 0.859. The summed E-state index contributed by atoms with van der Waals surface area (Å²) in [6.07, 6.45) is 2.11. The number of carbonyl (C=O) groups excluding carboxylic acids is 1. The Morgan fingerprint density at radius 3 is 2.46 bits per heavy atom. The zero-order chi connectivity index (χ0) is 17.5. The van der Waals surface area contributed by atoms with Gasteiger partial charge < -0.3 is 4.74 Å². The van der Waals surface area contributed by atoms with Gasteiger partial charge in [-0.1, -0.05) is 0 Å². The highest BCUT2D eigenvalue weighted by molar-refractivity contribution is 7.88. The molecule has 24 heavy (non-hydrogen) atoms. The molecule has 9 heteroatoms. The molecule has 2 aliphatic rings. The highest BCUT2D eigenvalue weighted by Gasteiger charge is 2.32. The van der Waals surface area contributed by atoms with Crippen LogP contribution in [-0.2, 0) is 14.8 Å². The average Bonchev–Trinajstić information content (AvgIpc) is 2.84. The van der Waals surface area contributed by atoms with E-state index in [-0.39, 0.29) is 12.0 Å². The van der Waals surface area contributed by atoms with E-state index in [1.54, 1.807) is 6.92 Å². The highest BCUT2D eigenvalue weighted by atomic mass is 32.2. The number of rotatable bonds is 3. The van der Waals surface area contributed by atoms with Crippen molar-refractivity contribution in [3.8, 4) is 0 Å². The van der Waals surface area contributed by atoms with Crippen LogP contribution in [0.25, 0.3) is 0 Å². The van der Waals surface area contributed by atoms with Gasteiger partial charge in [0, 0.05) is 30.8 Å². The van der Waals surface area contributed by atoms with Gasteiger partial charge in [-0.15, -0.1) is 0 Å². The lowest BCUT2D eigenvalue weighted by Crippen LogP contribution is -2.37. The van der Waals surface area contributed by atoms with Crippen LogP contribution in [0, 0.1) is 6.92 Å². The van der Waals surface area contributed by atoms with Crippen molar-refractivity contribution in [2.45, 2.75) is 38.7 Å². The molecule has 0 unspecified atom stereocenters. The predicted octanol–water partition coefficient (Wildman–Crippen LogP) is 1.27. The molecule has 3 rings (SSSR count). The molecule has 2 aliphatic heterocycles. The van der Waals surface area contributed by atoms with Crippen molar-refractivity contribution < 1.29 is 17.9 Å². The summed E-state index contributed by atoms with van der Waals surface area (Å²) in [4.78, 5) is 22.3. The molecule has 0 saturated carbocycles. The molecule has 8 nitrogen and oxygen atoms in total. The molecule has 0 N–H and O–H groups in total. The highest BCUT2D eigenvalue weighted by Crippen LogP contribution is 2.30. The molecule has 0 aromatic carbocycles. The van der Waals surface area contributed by atoms with E-state index in [2.05, 4.69) is 9.97 Å². The molecule has 0 bridgehead atoms. The molecule has 0 aliphatic carbocycles. The van der Waals surface area contributed by atoms with Gasteiger partial charge in [0.1, 0.15) is 17.7 Å². The minimum Gasteiger partial charge on any atom is -0.444 e. The first-order chi connectivity index (χ1) is 11.2. The van der Waals surface area contributed by atoms with Crippen LogP contribution >= 0.6 is 0 Å². The maximum atomic E-state index is 11.9. The van der Waals surface area contributed by atoms with Gasteiger partial charge in [0.15, 0.2) is 0 Å². The third-order valence-electron chi connectivity index (χ3n) is 4.42. The first kappa shape index (κ1) is 17.1. The molecule has 2 fully saturated rings. The fourth-order valence-corrected chi connectivity index (χ4v) is 4.07. The van der Waals surface area contributed by atoms with Crippen LogP contribution in [0.15, 0.2) is 6.07 Å². The Kier molecular flexibility index (Phi) is 4.48. The van der Waals surface area contributed by atoms with Gasteiger partial charge in [-0.3, -0.25) is 4.90 Å². The molecule has 3 heterocycles. The first-order valence-electron chi connectivity index (χ1n) is 8.03. The van der Waals surface area contributed by atoms with Crippen LogP contribution in [0.2, 0.25) is 0 Å². The fraction of sp³-hybridized carbons (Fsp3) is 0.667. The number of hydrogen-bond donors (Lipinski definition) is 0. The molecule has 1 aromatic heterocycles. The maximum absolute atomic E-state index is 11.9. The van der Waals surface area contributed by atoms with Crippen molar-refractivity contribution in [3.63, 3.8) is 0 Å². The summed E-state index contributed by atoms with van der Waals surface area (Å²) in [6, 6.07) is 1.83. The van der Waals surface area contributed by atoms with E-state index in [0.29, 0.717) is 44.1 Å². The molecule has 132 valence electrons. The van der Waals surface area contributed by atoms with Crippen LogP contribution in [-0.4, -0.2) is 60.8 Å². The zero-order valence-corrected chi connectivity index (χ0v) is 14.9. The van der Waals surface area contributed by atoms with Gasteiger partial charge in [0.05, 0.1) is 12.8 Å². The molecule has 1 aromatic rings. The largest absolute Gasteiger partial charge is 0.444 e. The number of nitrogens with zero attached hydrogens (tertiary/aromatic N) is 4. The van der Waals surface area contributed by atoms with Crippen LogP contribution in [0.4, 0.5) is 10.6 Å². The lowest BCUT2D eigenvalue weighted by atomic mass is 9.94. The fourth-order valence-electron chi connectivity index (χ4n) is 3.20. The van der Waals surface area contributed by atoms with Crippen LogP contribution in [0.5, 0.6) is 0 Å². The monoisotopic (exact) mass is 354 g/mol. The van der Waals surface area contributed by atoms with E-state index in [0.717, 1.165) is 5.69 Å². The average molecular weight is 354 g/mol. The summed E-state index contributed by atoms with van der Waals surface area (Å²) >= 11 is 0. The van der Waals surface area contributed by atoms with Crippen molar-refractivity contribution >= 4 is 21.9 Å². The number of anilines is 1. The molecule has 1 atom stereocenters. The lowest BCUT2D eigenvalue weighted by Gasteiger charge is -2.30. The number of cyclic esters (lactones) is 1. The van der Waals surface area contributed by atoms with E-state index >= 15 is 0 Å². The Hall–Kier alpha value is -1.74. The number of aromatic nitrogens is 2. The normalized spacial score (nSPS) is 23.5. The second kappa shape index (κ2) is 6.29. The summed E-state index contributed by atoms with van der Waals surface area (Å²) < 4.78 is 29.9. The van der Waals surface area contributed by atoms with E-state index < -0.39 is 16.1 Å². The Morgan fingerprint density at radius 1 is 1.25 bits per heavy atom. The van der Waals surface area contributed by atoms with Crippen molar-refractivity contribution in [1.29, 1.82) is 0 Å². The number of amides is 1. The Bertz CT molecular complexity index is 744. The van der Waals surface area contributed by atoms with Gasteiger partial charge in [-0.2, -0.15) is 0 Å². The van der Waals surface area contributed by atoms with E-state index in [4.69, 9.17) is 4.74 Å². The number of ether oxygens (including phenoxy) is 1. The smallest absolute Gasteiger partial charge is 0.415 e. The third kappa shape index (κ3) is 3.51. The Morgan fingerprint density at radius 2 is 1.92 bits per heavy atom. The maximum Gasteiger partial charge on any atom is 0.415 e. The second-order valence-corrected chi connectivity index (χ2v) is 8.42. The number of aryl methyl sites for hydroxylation is 1. The lowest BCUT2D eigenvalue weighted by molar-refractivity contribution is 0.150. The molecule has 0 radical (unpaired) electrons. The Labute approximate surface area is 141 Å². The molecular weight excluding hydrogens is 332 g/mol. The quantitative estimate of drug-likeness (QED) is 0.811. The molecular formula is C15H22N4O4S. The van der Waals surface area contributed by atoms with Gasteiger partial charge >= 0.3 is 6.09 Å². The van der Waals surface area contributed by atoms with Gasteiger partial charge in [-0.25, -0.2) is 27.5 Å². The number of carbonyl (C=O) groups is 1. The van der Waals surface area contributed by atoms with Gasteiger partial charge in [0.2, 0.25) is 10.0 Å². The number of sulfonamides is 1. The molecule has 2 saturated heterocycles. The Balaban J connectivity index is 1.79. The second-order valence-electron chi connectivity index (χ2n) is 6.44. The van der Waals surface area contributed by atoms with Gasteiger partial charge in [-0.05, 0) is 26.7 Å². The standard InChI is InChI=1S/C15H22N4O4S/c1-10-9-19(15(20)23-10)14-8-13(16-11(2)17-14)12-4-6-18(7-5-12)24(3,21)22/h8,10,12H,4-7,9H2,1-3H3/t10-/m1/s1. The van der Waals surface area contributed by atoms with Crippen molar-refractivity contribution in [2.75, 3.05) is 30.8 Å². The van der Waals surface area contributed by atoms with Crippen molar-refractivity contribution in [1.82, 2.24) is 14.3 Å². The van der Waals surface area contributed by atoms with E-state index in [1.807, 2.05) is 13.0 Å². The first-order valence-corrected chi connectivity index (χ1v) is 9.87. The van der Waals surface area contributed by atoms with Crippen molar-refractivity contribution in [2.24, 2.45) is 0 Å². The summed E-state index contributed by atoms with van der Waals surface area (Å²) in [5, 5.41) is 0. The molecule has 0 spiro atoms. The van der Waals surface area contributed by atoms with E-state index in [1.165, 1.54) is 15.5 Å². The van der Waals surface area contributed by atoms with E-state index in [9.17, 15) is 13.2 Å². The third-order valence-corrected chi connectivity index (χ3v) is 5.73. The van der Waals surface area contributed by atoms with Crippen LogP contribution < -0.4 is 4.90 Å². The molecule has 1 amide bonds. The SMILES string of the molecule is Cc1nc(C2CCN(S(C)(=O)=O)CC2)cc(N2C[C@@H](C)OC2=O)n1. The summed E-state index contributed by atoms with van der Waals surface area (Å²) in [6.45, 7) is 5.09. The van der Waals surface area contributed by atoms with Crippen molar-refractivity contribution in [3.05, 3.63) is 17.6 Å². The van der Waals surface area contributed by atoms with Crippen LogP contribution in [0.1, 0.15) is 37.2 Å². The zero-order valence-electron chi connectivity index (χ0n) is 14.1. The minimum atomic E-state index is -3.14. The number of piperidine rings is 1. The summed E-state index contributed by atoms with van der Waals surface area (Å²) in [7, 11) is -3.14. The van der Waals surface area contributed by atoms with Gasteiger partial charge in [0.25, 0.3) is 0 Å². The summed E-state index contributed by atoms with van der Waals surface area (Å²) in [5.74, 6) is 1.32. The topological polar surface area (TPSA) is 92.7 Å².